The van der Waals surface area contributed by atoms with Crippen molar-refractivity contribution in [1.82, 2.24) is 4.98 Å². The molecule has 0 radical (unpaired) electrons. The number of benzene rings is 6. The maximum atomic E-state index is 3.71. The van der Waals surface area contributed by atoms with Crippen LogP contribution in [0.15, 0.2) is 140 Å². The Morgan fingerprint density at radius 2 is 1.05 bits per heavy atom. The number of nitrogens with zero attached hydrogens (tertiary/aromatic N) is 1. The van der Waals surface area contributed by atoms with E-state index in [1.807, 2.05) is 0 Å². The van der Waals surface area contributed by atoms with E-state index in [0.29, 0.717) is 0 Å². The highest BCUT2D eigenvalue weighted by atomic mass is 15.2. The summed E-state index contributed by atoms with van der Waals surface area (Å²) in [6.45, 7) is 0. The van der Waals surface area contributed by atoms with Gasteiger partial charge in [0.05, 0.1) is 16.8 Å². The van der Waals surface area contributed by atoms with Gasteiger partial charge < -0.3 is 9.88 Å². The molecule has 1 aliphatic heterocycles. The maximum absolute atomic E-state index is 3.71. The van der Waals surface area contributed by atoms with E-state index in [2.05, 4.69) is 149 Å². The van der Waals surface area contributed by atoms with Gasteiger partial charge in [-0.3, -0.25) is 0 Å². The second-order valence-electron chi connectivity index (χ2n) is 10.6. The topological polar surface area (TPSA) is 19.0 Å². The van der Waals surface area contributed by atoms with E-state index in [4.69, 9.17) is 0 Å². The molecule has 0 unspecified atom stereocenters. The maximum Gasteiger partial charge on any atom is 0.0754 e. The second-order valence-corrected chi connectivity index (χ2v) is 10.6. The second kappa shape index (κ2) is 7.49. The first-order valence-corrected chi connectivity index (χ1v) is 13.5. The number of para-hydroxylation sites is 3. The van der Waals surface area contributed by atoms with Crippen LogP contribution in [0, 0.1) is 0 Å². The Bertz CT molecular complexity index is 2040. The number of hydrogen-bond donors (Lipinski definition) is 1. The molecule has 0 bridgehead atoms. The monoisotopic (exact) mass is 496 g/mol. The number of hydrogen-bond acceptors (Lipinski definition) is 1. The van der Waals surface area contributed by atoms with Crippen LogP contribution in [0.3, 0.4) is 0 Å². The summed E-state index contributed by atoms with van der Waals surface area (Å²) in [4.78, 5) is 6.16. The molecule has 39 heavy (non-hydrogen) atoms. The van der Waals surface area contributed by atoms with Crippen molar-refractivity contribution in [2.75, 3.05) is 4.90 Å². The fourth-order valence-electron chi connectivity index (χ4n) is 7.30. The number of nitrogens with one attached hydrogen (secondary N) is 1. The highest BCUT2D eigenvalue weighted by Crippen LogP contribution is 2.63. The molecule has 2 aliphatic rings. The van der Waals surface area contributed by atoms with Crippen LogP contribution < -0.4 is 4.90 Å². The molecule has 0 amide bonds. The van der Waals surface area contributed by atoms with E-state index >= 15 is 0 Å². The van der Waals surface area contributed by atoms with Crippen molar-refractivity contribution in [3.05, 3.63) is 162 Å². The average molecular weight is 497 g/mol. The van der Waals surface area contributed by atoms with Crippen molar-refractivity contribution >= 4 is 38.9 Å². The standard InChI is InChI=1S/C37H24N2/c1-2-12-24(13-3-1)39-35-21-11-9-19-31(35)37(29-17-7-4-14-25(29)26-15-5-8-18-30(26)37)32-22-28-27-16-6-10-20-33(27)38-34(28)23-36(32)39/h1-23,38H. The Hall–Kier alpha value is -5.08. The van der Waals surface area contributed by atoms with Gasteiger partial charge in [0, 0.05) is 27.5 Å². The van der Waals surface area contributed by atoms with Crippen molar-refractivity contribution in [3.8, 4) is 11.1 Å². The zero-order chi connectivity index (χ0) is 25.6. The lowest BCUT2D eigenvalue weighted by atomic mass is 9.64. The Balaban J connectivity index is 1.52. The molecule has 0 saturated heterocycles. The lowest BCUT2D eigenvalue weighted by Gasteiger charge is -2.45. The highest BCUT2D eigenvalue weighted by Gasteiger charge is 2.51. The quantitative estimate of drug-likeness (QED) is 0.240. The molecule has 2 nitrogen and oxygen atoms in total. The minimum absolute atomic E-state index is 0.420. The molecule has 7 aromatic rings. The third-order valence-electron chi connectivity index (χ3n) is 8.78. The molecule has 182 valence electrons. The molecule has 0 saturated carbocycles. The van der Waals surface area contributed by atoms with Gasteiger partial charge in [-0.15, -0.1) is 0 Å². The lowest BCUT2D eigenvalue weighted by molar-refractivity contribution is 0.754. The minimum atomic E-state index is -0.420. The zero-order valence-electron chi connectivity index (χ0n) is 21.2. The number of fused-ring (bicyclic) bond motifs is 12. The fraction of sp³-hybridized carbons (Fsp3) is 0.0270. The molecular weight excluding hydrogens is 472 g/mol. The molecule has 6 aromatic carbocycles. The van der Waals surface area contributed by atoms with Gasteiger partial charge in [0.25, 0.3) is 0 Å². The van der Waals surface area contributed by atoms with Crippen LogP contribution in [-0.4, -0.2) is 4.98 Å². The number of rotatable bonds is 1. The van der Waals surface area contributed by atoms with Crippen LogP contribution in [0.5, 0.6) is 0 Å². The van der Waals surface area contributed by atoms with Gasteiger partial charge >= 0.3 is 0 Å². The summed E-state index contributed by atoms with van der Waals surface area (Å²) in [7, 11) is 0. The van der Waals surface area contributed by atoms with Crippen molar-refractivity contribution in [1.29, 1.82) is 0 Å². The Morgan fingerprint density at radius 1 is 0.436 bits per heavy atom. The van der Waals surface area contributed by atoms with E-state index < -0.39 is 5.41 Å². The summed E-state index contributed by atoms with van der Waals surface area (Å²) >= 11 is 0. The summed E-state index contributed by atoms with van der Waals surface area (Å²) in [5.41, 5.74) is 13.5. The largest absolute Gasteiger partial charge is 0.354 e. The molecular formula is C37H24N2. The summed E-state index contributed by atoms with van der Waals surface area (Å²) < 4.78 is 0. The van der Waals surface area contributed by atoms with Gasteiger partial charge in [-0.2, -0.15) is 0 Å². The van der Waals surface area contributed by atoms with Gasteiger partial charge in [0.2, 0.25) is 0 Å². The molecule has 1 aliphatic carbocycles. The lowest BCUT2D eigenvalue weighted by Crippen LogP contribution is -2.36. The van der Waals surface area contributed by atoms with Crippen LogP contribution >= 0.6 is 0 Å². The summed E-state index contributed by atoms with van der Waals surface area (Å²) in [5, 5.41) is 2.52. The zero-order valence-corrected chi connectivity index (χ0v) is 21.2. The van der Waals surface area contributed by atoms with Crippen LogP contribution in [0.1, 0.15) is 22.3 Å². The van der Waals surface area contributed by atoms with Crippen molar-refractivity contribution < 1.29 is 0 Å². The molecule has 1 spiro atoms. The van der Waals surface area contributed by atoms with Crippen LogP contribution in [0.4, 0.5) is 17.1 Å². The predicted octanol–water partition coefficient (Wildman–Crippen LogP) is 9.47. The molecule has 2 heteroatoms. The summed E-state index contributed by atoms with van der Waals surface area (Å²) in [5.74, 6) is 0. The highest BCUT2D eigenvalue weighted by molar-refractivity contribution is 6.10. The smallest absolute Gasteiger partial charge is 0.0754 e. The molecule has 0 atom stereocenters. The first-order valence-electron chi connectivity index (χ1n) is 13.5. The number of H-pyrrole nitrogens is 1. The van der Waals surface area contributed by atoms with Crippen molar-refractivity contribution in [2.45, 2.75) is 5.41 Å². The Kier molecular flexibility index (Phi) is 4.02. The summed E-state index contributed by atoms with van der Waals surface area (Å²) in [6, 6.07) is 51.2. The van der Waals surface area contributed by atoms with E-state index in [1.54, 1.807) is 0 Å². The van der Waals surface area contributed by atoms with Crippen molar-refractivity contribution in [3.63, 3.8) is 0 Å². The van der Waals surface area contributed by atoms with E-state index in [9.17, 15) is 0 Å². The third-order valence-corrected chi connectivity index (χ3v) is 8.78. The van der Waals surface area contributed by atoms with E-state index in [1.165, 1.54) is 61.0 Å². The van der Waals surface area contributed by atoms with E-state index in [0.717, 1.165) is 11.2 Å². The molecule has 9 rings (SSSR count). The Morgan fingerprint density at radius 3 is 1.82 bits per heavy atom. The molecule has 2 heterocycles. The fourth-order valence-corrected chi connectivity index (χ4v) is 7.30. The Labute approximate surface area is 226 Å². The van der Waals surface area contributed by atoms with Gasteiger partial charge in [-0.1, -0.05) is 103 Å². The average Bonchev–Trinajstić information content (AvgIpc) is 3.51. The minimum Gasteiger partial charge on any atom is -0.354 e. The third kappa shape index (κ3) is 2.56. The van der Waals surface area contributed by atoms with Gasteiger partial charge in [0.1, 0.15) is 0 Å². The first-order chi connectivity index (χ1) is 19.4. The number of aromatic amines is 1. The molecule has 0 fully saturated rings. The molecule has 1 aromatic heterocycles. The normalized spacial score (nSPS) is 14.3. The van der Waals surface area contributed by atoms with Crippen LogP contribution in [-0.2, 0) is 5.41 Å². The summed E-state index contributed by atoms with van der Waals surface area (Å²) in [6.07, 6.45) is 0. The van der Waals surface area contributed by atoms with Crippen LogP contribution in [0.2, 0.25) is 0 Å². The van der Waals surface area contributed by atoms with Gasteiger partial charge in [-0.05, 0) is 69.8 Å². The number of aromatic nitrogens is 1. The van der Waals surface area contributed by atoms with Gasteiger partial charge in [-0.25, -0.2) is 0 Å². The van der Waals surface area contributed by atoms with Gasteiger partial charge in [0.15, 0.2) is 0 Å². The van der Waals surface area contributed by atoms with Crippen LogP contribution in [0.25, 0.3) is 32.9 Å². The predicted molar refractivity (Wildman–Crippen MR) is 161 cm³/mol. The SMILES string of the molecule is c1ccc(N2c3ccccc3C3(c4ccccc4-c4ccccc43)c3cc4c(cc32)[nH]c2ccccc24)cc1. The molecule has 1 N–H and O–H groups in total. The van der Waals surface area contributed by atoms with E-state index in [-0.39, 0.29) is 0 Å². The van der Waals surface area contributed by atoms with Crippen molar-refractivity contribution in [2.24, 2.45) is 0 Å². The first kappa shape index (κ1) is 20.9. The number of anilines is 3.